The minimum absolute atomic E-state index is 0. The molecule has 0 aromatic rings. The number of aliphatic imine (C=N–C) groups is 1. The second-order valence-corrected chi connectivity index (χ2v) is 9.30. The molecule has 2 fully saturated rings. The molecule has 0 aromatic heterocycles. The number of hydrogen-bond acceptors (Lipinski definition) is 4. The van der Waals surface area contributed by atoms with Gasteiger partial charge in [0, 0.05) is 33.3 Å². The van der Waals surface area contributed by atoms with Gasteiger partial charge < -0.3 is 15.4 Å². The molecule has 0 saturated heterocycles. The minimum atomic E-state index is -3.21. The van der Waals surface area contributed by atoms with Crippen LogP contribution in [0.2, 0.25) is 0 Å². The van der Waals surface area contributed by atoms with E-state index in [4.69, 9.17) is 4.74 Å². The molecule has 0 aliphatic heterocycles. The third-order valence-corrected chi connectivity index (χ3v) is 6.57. The summed E-state index contributed by atoms with van der Waals surface area (Å²) >= 11 is 0. The lowest BCUT2D eigenvalue weighted by Gasteiger charge is -2.25. The lowest BCUT2D eigenvalue weighted by atomic mass is 9.86. The topological polar surface area (TPSA) is 91.8 Å². The highest BCUT2D eigenvalue weighted by Gasteiger charge is 2.20. The fourth-order valence-corrected chi connectivity index (χ4v) is 4.30. The summed E-state index contributed by atoms with van der Waals surface area (Å²) in [4.78, 5) is 4.13. The SMILES string of the molecule is CN=C(NCCCOC1CCCCC1)NCCS(=O)(=O)NCC1CCC1.I. The zero-order valence-electron chi connectivity index (χ0n) is 16.5. The molecule has 2 saturated carbocycles. The van der Waals surface area contributed by atoms with Crippen LogP contribution in [-0.4, -0.2) is 59.5 Å². The Kier molecular flexibility index (Phi) is 12.9. The Bertz CT molecular complexity index is 521. The number of guanidine groups is 1. The summed E-state index contributed by atoms with van der Waals surface area (Å²) in [5.74, 6) is 1.23. The third-order valence-electron chi connectivity index (χ3n) is 5.22. The van der Waals surface area contributed by atoms with Gasteiger partial charge >= 0.3 is 0 Å². The maximum atomic E-state index is 12.0. The molecule has 3 N–H and O–H groups in total. The Balaban J connectivity index is 0.00000364. The van der Waals surface area contributed by atoms with Crippen molar-refractivity contribution in [2.45, 2.75) is 63.9 Å². The first-order valence-corrected chi connectivity index (χ1v) is 11.8. The molecule has 0 aromatic carbocycles. The van der Waals surface area contributed by atoms with Gasteiger partial charge in [0.05, 0.1) is 11.9 Å². The van der Waals surface area contributed by atoms with Gasteiger partial charge in [-0.2, -0.15) is 0 Å². The molecule has 0 spiro atoms. The quantitative estimate of drug-likeness (QED) is 0.170. The predicted molar refractivity (Wildman–Crippen MR) is 121 cm³/mol. The van der Waals surface area contributed by atoms with Crippen LogP contribution in [0.25, 0.3) is 0 Å². The summed E-state index contributed by atoms with van der Waals surface area (Å²) in [6.45, 7) is 2.45. The highest BCUT2D eigenvalue weighted by atomic mass is 127. The van der Waals surface area contributed by atoms with Gasteiger partial charge in [0.15, 0.2) is 5.96 Å². The first-order chi connectivity index (χ1) is 12.6. The van der Waals surface area contributed by atoms with E-state index in [0.717, 1.165) is 32.4 Å². The van der Waals surface area contributed by atoms with Crippen molar-refractivity contribution in [3.8, 4) is 0 Å². The minimum Gasteiger partial charge on any atom is -0.378 e. The van der Waals surface area contributed by atoms with Gasteiger partial charge in [-0.05, 0) is 38.0 Å². The van der Waals surface area contributed by atoms with Crippen molar-refractivity contribution >= 4 is 40.0 Å². The van der Waals surface area contributed by atoms with Gasteiger partial charge in [-0.25, -0.2) is 13.1 Å². The zero-order chi connectivity index (χ0) is 18.7. The van der Waals surface area contributed by atoms with Gasteiger partial charge in [0.1, 0.15) is 0 Å². The molecule has 2 aliphatic rings. The first kappa shape index (κ1) is 24.9. The fourth-order valence-electron chi connectivity index (χ4n) is 3.30. The van der Waals surface area contributed by atoms with Crippen LogP contribution < -0.4 is 15.4 Å². The van der Waals surface area contributed by atoms with Crippen LogP contribution in [0.5, 0.6) is 0 Å². The number of halogens is 1. The molecule has 27 heavy (non-hydrogen) atoms. The van der Waals surface area contributed by atoms with E-state index < -0.39 is 10.0 Å². The van der Waals surface area contributed by atoms with E-state index in [2.05, 4.69) is 20.3 Å². The number of hydrogen-bond donors (Lipinski definition) is 3. The largest absolute Gasteiger partial charge is 0.378 e. The molecule has 0 radical (unpaired) electrons. The number of rotatable bonds is 11. The molecule has 2 aliphatic carbocycles. The molecule has 0 heterocycles. The molecule has 0 atom stereocenters. The van der Waals surface area contributed by atoms with Gasteiger partial charge in [-0.1, -0.05) is 25.7 Å². The lowest BCUT2D eigenvalue weighted by molar-refractivity contribution is 0.0277. The number of nitrogens with one attached hydrogen (secondary N) is 3. The molecule has 9 heteroatoms. The van der Waals surface area contributed by atoms with E-state index in [9.17, 15) is 8.42 Å². The summed E-state index contributed by atoms with van der Waals surface area (Å²) in [6, 6.07) is 0. The van der Waals surface area contributed by atoms with E-state index in [1.165, 1.54) is 38.5 Å². The molecular formula is C18H37IN4O3S. The van der Waals surface area contributed by atoms with Gasteiger partial charge in [0.2, 0.25) is 10.0 Å². The molecule has 160 valence electrons. The van der Waals surface area contributed by atoms with Gasteiger partial charge in [-0.15, -0.1) is 24.0 Å². The van der Waals surface area contributed by atoms with Crippen molar-refractivity contribution < 1.29 is 13.2 Å². The fraction of sp³-hybridized carbons (Fsp3) is 0.944. The van der Waals surface area contributed by atoms with E-state index in [-0.39, 0.29) is 29.7 Å². The Morgan fingerprint density at radius 2 is 1.74 bits per heavy atom. The van der Waals surface area contributed by atoms with Crippen molar-refractivity contribution in [2.75, 3.05) is 39.0 Å². The predicted octanol–water partition coefficient (Wildman–Crippen LogP) is 2.23. The number of sulfonamides is 1. The lowest BCUT2D eigenvalue weighted by Crippen LogP contribution is -2.42. The molecule has 2 rings (SSSR count). The van der Waals surface area contributed by atoms with Crippen molar-refractivity contribution in [1.29, 1.82) is 0 Å². The van der Waals surface area contributed by atoms with Crippen LogP contribution in [0.1, 0.15) is 57.8 Å². The van der Waals surface area contributed by atoms with E-state index >= 15 is 0 Å². The highest BCUT2D eigenvalue weighted by molar-refractivity contribution is 14.0. The highest BCUT2D eigenvalue weighted by Crippen LogP contribution is 2.25. The average molecular weight is 516 g/mol. The van der Waals surface area contributed by atoms with Crippen LogP contribution in [0.3, 0.4) is 0 Å². The average Bonchev–Trinajstić information content (AvgIpc) is 2.59. The number of nitrogens with zero attached hydrogens (tertiary/aromatic N) is 1. The van der Waals surface area contributed by atoms with E-state index in [1.54, 1.807) is 7.05 Å². The summed E-state index contributed by atoms with van der Waals surface area (Å²) in [5, 5.41) is 6.27. The van der Waals surface area contributed by atoms with Crippen LogP contribution in [0, 0.1) is 5.92 Å². The second kappa shape index (κ2) is 13.9. The van der Waals surface area contributed by atoms with Crippen LogP contribution in [0.15, 0.2) is 4.99 Å². The normalized spacial score (nSPS) is 19.2. The molecular weight excluding hydrogens is 479 g/mol. The monoisotopic (exact) mass is 516 g/mol. The maximum Gasteiger partial charge on any atom is 0.213 e. The summed E-state index contributed by atoms with van der Waals surface area (Å²) < 4.78 is 32.5. The summed E-state index contributed by atoms with van der Waals surface area (Å²) in [5.41, 5.74) is 0. The molecule has 0 amide bonds. The zero-order valence-corrected chi connectivity index (χ0v) is 19.7. The van der Waals surface area contributed by atoms with Crippen molar-refractivity contribution in [3.63, 3.8) is 0 Å². The summed E-state index contributed by atoms with van der Waals surface area (Å²) in [7, 11) is -1.52. The Morgan fingerprint density at radius 3 is 2.37 bits per heavy atom. The van der Waals surface area contributed by atoms with Gasteiger partial charge in [-0.3, -0.25) is 4.99 Å². The summed E-state index contributed by atoms with van der Waals surface area (Å²) in [6.07, 6.45) is 11.2. The van der Waals surface area contributed by atoms with Crippen LogP contribution >= 0.6 is 24.0 Å². The van der Waals surface area contributed by atoms with Crippen molar-refractivity contribution in [2.24, 2.45) is 10.9 Å². The smallest absolute Gasteiger partial charge is 0.213 e. The Labute approximate surface area is 181 Å². The van der Waals surface area contributed by atoms with Crippen molar-refractivity contribution in [1.82, 2.24) is 15.4 Å². The van der Waals surface area contributed by atoms with E-state index in [1.807, 2.05) is 0 Å². The van der Waals surface area contributed by atoms with Crippen molar-refractivity contribution in [3.05, 3.63) is 0 Å². The second-order valence-electron chi connectivity index (χ2n) is 7.37. The van der Waals surface area contributed by atoms with Gasteiger partial charge in [0.25, 0.3) is 0 Å². The third kappa shape index (κ3) is 10.8. The maximum absolute atomic E-state index is 12.0. The number of ether oxygens (including phenoxy) is 1. The standard InChI is InChI=1S/C18H36N4O3S.HI/c1-19-18(20-11-6-13-25-17-9-3-2-4-10-17)21-12-14-26(23,24)22-15-16-7-5-8-16;/h16-17,22H,2-15H2,1H3,(H2,19,20,21);1H. The molecule has 0 unspecified atom stereocenters. The van der Waals surface area contributed by atoms with E-state index in [0.29, 0.717) is 31.1 Å². The van der Waals surface area contributed by atoms with Crippen LogP contribution in [0.4, 0.5) is 0 Å². The molecule has 0 bridgehead atoms. The first-order valence-electron chi connectivity index (χ1n) is 10.1. The van der Waals surface area contributed by atoms with Crippen LogP contribution in [-0.2, 0) is 14.8 Å². The molecule has 7 nitrogen and oxygen atoms in total. The Morgan fingerprint density at radius 1 is 1.04 bits per heavy atom. The Hall–Kier alpha value is -0.130.